The number of nitrogens with zero attached hydrogens (tertiary/aromatic N) is 3. The molecular weight excluding hydrogens is 277 g/mol. The standard InChI is InChI=1S/C15H12BN5O/c16-13-6-5-12-8-18-9-21(12)14(13)20-15(22)19-11-3-1-10(7-17)2-4-11/h1-6,8-9H,16H2,(H2,19,20,22). The molecule has 0 atom stereocenters. The number of carbonyl (C=O) groups is 1. The number of amides is 2. The molecule has 2 aromatic heterocycles. The number of anilines is 2. The van der Waals surface area contributed by atoms with E-state index in [1.165, 1.54) is 0 Å². The Labute approximate surface area is 127 Å². The molecule has 106 valence electrons. The normalized spacial score (nSPS) is 10.1. The third kappa shape index (κ3) is 2.62. The second-order valence-corrected chi connectivity index (χ2v) is 4.82. The number of aromatic nitrogens is 2. The van der Waals surface area contributed by atoms with Crippen LogP contribution in [0.1, 0.15) is 5.56 Å². The van der Waals surface area contributed by atoms with Crippen molar-refractivity contribution in [3.63, 3.8) is 0 Å². The highest BCUT2D eigenvalue weighted by Crippen LogP contribution is 2.12. The molecular formula is C15H12BN5O. The van der Waals surface area contributed by atoms with Crippen LogP contribution in [0.15, 0.2) is 48.9 Å². The van der Waals surface area contributed by atoms with Crippen LogP contribution < -0.4 is 16.1 Å². The van der Waals surface area contributed by atoms with E-state index in [9.17, 15) is 4.79 Å². The van der Waals surface area contributed by atoms with Gasteiger partial charge in [0.1, 0.15) is 20.0 Å². The molecule has 2 amide bonds. The highest BCUT2D eigenvalue weighted by Gasteiger charge is 2.09. The Morgan fingerprint density at radius 2 is 1.95 bits per heavy atom. The molecule has 0 aliphatic heterocycles. The largest absolute Gasteiger partial charge is 0.324 e. The molecule has 2 N–H and O–H groups in total. The lowest BCUT2D eigenvalue weighted by molar-refractivity contribution is 0.262. The van der Waals surface area contributed by atoms with E-state index >= 15 is 0 Å². The van der Waals surface area contributed by atoms with Crippen LogP contribution in [0, 0.1) is 11.3 Å². The van der Waals surface area contributed by atoms with E-state index in [1.54, 1.807) is 36.8 Å². The van der Waals surface area contributed by atoms with Crippen LogP contribution in [0.2, 0.25) is 0 Å². The highest BCUT2D eigenvalue weighted by molar-refractivity contribution is 6.36. The number of fused-ring (bicyclic) bond motifs is 1. The predicted molar refractivity (Wildman–Crippen MR) is 87.2 cm³/mol. The maximum absolute atomic E-state index is 12.1. The van der Waals surface area contributed by atoms with Gasteiger partial charge in [-0.15, -0.1) is 0 Å². The van der Waals surface area contributed by atoms with Crippen LogP contribution in [0.3, 0.4) is 0 Å². The van der Waals surface area contributed by atoms with Gasteiger partial charge in [-0.1, -0.05) is 6.07 Å². The number of nitriles is 1. The van der Waals surface area contributed by atoms with Crippen molar-refractivity contribution >= 4 is 36.4 Å². The minimum Gasteiger partial charge on any atom is -0.308 e. The van der Waals surface area contributed by atoms with Crippen molar-refractivity contribution in [3.05, 3.63) is 54.5 Å². The Morgan fingerprint density at radius 3 is 2.68 bits per heavy atom. The van der Waals surface area contributed by atoms with E-state index < -0.39 is 0 Å². The Balaban J connectivity index is 1.79. The molecule has 0 saturated heterocycles. The zero-order valence-corrected chi connectivity index (χ0v) is 11.9. The van der Waals surface area contributed by atoms with Crippen molar-refractivity contribution in [3.8, 4) is 6.07 Å². The third-order valence-electron chi connectivity index (χ3n) is 3.29. The molecule has 3 aromatic rings. The molecule has 22 heavy (non-hydrogen) atoms. The molecule has 0 aliphatic carbocycles. The number of hydrogen-bond acceptors (Lipinski definition) is 3. The molecule has 0 unspecified atom stereocenters. The summed E-state index contributed by atoms with van der Waals surface area (Å²) in [4.78, 5) is 16.2. The quantitative estimate of drug-likeness (QED) is 0.693. The van der Waals surface area contributed by atoms with Crippen LogP contribution in [0.25, 0.3) is 5.52 Å². The van der Waals surface area contributed by atoms with E-state index in [1.807, 2.05) is 30.4 Å². The maximum Gasteiger partial charge on any atom is 0.324 e. The topological polar surface area (TPSA) is 82.2 Å². The first-order valence-corrected chi connectivity index (χ1v) is 6.67. The maximum atomic E-state index is 12.1. The number of pyridine rings is 1. The molecule has 0 fully saturated rings. The SMILES string of the molecule is Bc1ccc2cncn2c1NC(=O)Nc1ccc(C#N)cc1. The Morgan fingerprint density at radius 1 is 1.18 bits per heavy atom. The second-order valence-electron chi connectivity index (χ2n) is 4.82. The molecule has 0 radical (unpaired) electrons. The van der Waals surface area contributed by atoms with Gasteiger partial charge in [0.05, 0.1) is 23.3 Å². The lowest BCUT2D eigenvalue weighted by Gasteiger charge is -2.12. The average molecular weight is 289 g/mol. The first kappa shape index (κ1) is 13.7. The number of imidazole rings is 1. The Kier molecular flexibility index (Phi) is 3.50. The summed E-state index contributed by atoms with van der Waals surface area (Å²) in [5.74, 6) is 0.668. The molecule has 0 spiro atoms. The van der Waals surface area contributed by atoms with Crippen LogP contribution in [0.5, 0.6) is 0 Å². The first-order chi connectivity index (χ1) is 10.7. The molecule has 7 heteroatoms. The minimum absolute atomic E-state index is 0.353. The molecule has 2 heterocycles. The van der Waals surface area contributed by atoms with Gasteiger partial charge in [0.15, 0.2) is 0 Å². The van der Waals surface area contributed by atoms with Crippen molar-refractivity contribution in [2.75, 3.05) is 10.6 Å². The summed E-state index contributed by atoms with van der Waals surface area (Å²) in [7, 11) is 1.91. The van der Waals surface area contributed by atoms with E-state index in [4.69, 9.17) is 5.26 Å². The van der Waals surface area contributed by atoms with Crippen LogP contribution >= 0.6 is 0 Å². The number of benzene rings is 1. The molecule has 0 saturated carbocycles. The zero-order chi connectivity index (χ0) is 15.5. The van der Waals surface area contributed by atoms with Crippen LogP contribution in [-0.4, -0.2) is 23.3 Å². The van der Waals surface area contributed by atoms with Gasteiger partial charge >= 0.3 is 6.03 Å². The average Bonchev–Trinajstić information content (AvgIpc) is 3.00. The fraction of sp³-hybridized carbons (Fsp3) is 0. The summed E-state index contributed by atoms with van der Waals surface area (Å²) in [6.45, 7) is 0. The van der Waals surface area contributed by atoms with Gasteiger partial charge in [-0.05, 0) is 35.8 Å². The molecule has 3 rings (SSSR count). The summed E-state index contributed by atoms with van der Waals surface area (Å²) in [6.07, 6.45) is 3.38. The summed E-state index contributed by atoms with van der Waals surface area (Å²) >= 11 is 0. The Bertz CT molecular complexity index is 879. The van der Waals surface area contributed by atoms with Crippen molar-refractivity contribution in [1.82, 2.24) is 9.38 Å². The van der Waals surface area contributed by atoms with Gasteiger partial charge in [0, 0.05) is 5.69 Å². The number of rotatable bonds is 2. The minimum atomic E-state index is -0.353. The van der Waals surface area contributed by atoms with E-state index in [-0.39, 0.29) is 6.03 Å². The molecule has 1 aromatic carbocycles. The molecule has 6 nitrogen and oxygen atoms in total. The van der Waals surface area contributed by atoms with E-state index in [0.29, 0.717) is 17.1 Å². The summed E-state index contributed by atoms with van der Waals surface area (Å²) < 4.78 is 1.81. The number of urea groups is 1. The fourth-order valence-electron chi connectivity index (χ4n) is 2.15. The smallest absolute Gasteiger partial charge is 0.308 e. The summed E-state index contributed by atoms with van der Waals surface area (Å²) in [5.41, 5.74) is 3.00. The van der Waals surface area contributed by atoms with Crippen LogP contribution in [-0.2, 0) is 0 Å². The van der Waals surface area contributed by atoms with Crippen LogP contribution in [0.4, 0.5) is 16.3 Å². The van der Waals surface area contributed by atoms with Crippen molar-refractivity contribution in [1.29, 1.82) is 5.26 Å². The predicted octanol–water partition coefficient (Wildman–Crippen LogP) is 1.11. The number of carbonyl (C=O) groups excluding carboxylic acids is 1. The number of nitrogens with one attached hydrogen (secondary N) is 2. The van der Waals surface area contributed by atoms with Crippen molar-refractivity contribution < 1.29 is 4.79 Å². The van der Waals surface area contributed by atoms with E-state index in [2.05, 4.69) is 15.6 Å². The number of hydrogen-bond donors (Lipinski definition) is 2. The molecule has 0 bridgehead atoms. The highest BCUT2D eigenvalue weighted by atomic mass is 16.2. The fourth-order valence-corrected chi connectivity index (χ4v) is 2.15. The van der Waals surface area contributed by atoms with Gasteiger partial charge in [-0.3, -0.25) is 9.72 Å². The summed E-state index contributed by atoms with van der Waals surface area (Å²) in [5, 5.41) is 14.3. The van der Waals surface area contributed by atoms with Gasteiger partial charge in [0.25, 0.3) is 0 Å². The molecule has 0 aliphatic rings. The van der Waals surface area contributed by atoms with Gasteiger partial charge < -0.3 is 5.32 Å². The van der Waals surface area contributed by atoms with E-state index in [0.717, 1.165) is 11.0 Å². The van der Waals surface area contributed by atoms with Gasteiger partial charge in [0.2, 0.25) is 0 Å². The van der Waals surface area contributed by atoms with Gasteiger partial charge in [-0.25, -0.2) is 9.78 Å². The van der Waals surface area contributed by atoms with Crippen molar-refractivity contribution in [2.45, 2.75) is 0 Å². The second kappa shape index (κ2) is 5.62. The Hall–Kier alpha value is -3.27. The third-order valence-corrected chi connectivity index (χ3v) is 3.29. The lowest BCUT2D eigenvalue weighted by Crippen LogP contribution is -2.25. The summed E-state index contributed by atoms with van der Waals surface area (Å²) in [6, 6.07) is 12.2. The van der Waals surface area contributed by atoms with Gasteiger partial charge in [-0.2, -0.15) is 5.26 Å². The zero-order valence-electron chi connectivity index (χ0n) is 11.9. The van der Waals surface area contributed by atoms with Crippen molar-refractivity contribution in [2.24, 2.45) is 0 Å². The monoisotopic (exact) mass is 289 g/mol. The first-order valence-electron chi connectivity index (χ1n) is 6.67. The lowest BCUT2D eigenvalue weighted by atomic mass is 9.97.